The lowest BCUT2D eigenvalue weighted by molar-refractivity contribution is -0.142. The Balaban J connectivity index is 2.71. The summed E-state index contributed by atoms with van der Waals surface area (Å²) in [6, 6.07) is 3.04. The third kappa shape index (κ3) is 5.41. The minimum Gasteiger partial charge on any atom is -0.507 e. The SMILES string of the molecule is CC(C)(C)CC(CNC(=O)c1ccc(F)cc1O)C(=O)O. The van der Waals surface area contributed by atoms with Crippen molar-refractivity contribution in [3.05, 3.63) is 29.6 Å². The van der Waals surface area contributed by atoms with Crippen molar-refractivity contribution in [1.82, 2.24) is 5.32 Å². The molecule has 116 valence electrons. The van der Waals surface area contributed by atoms with Crippen molar-refractivity contribution >= 4 is 11.9 Å². The van der Waals surface area contributed by atoms with E-state index in [9.17, 15) is 19.1 Å². The number of aromatic hydroxyl groups is 1. The summed E-state index contributed by atoms with van der Waals surface area (Å²) >= 11 is 0. The van der Waals surface area contributed by atoms with Gasteiger partial charge in [-0.2, -0.15) is 0 Å². The first-order valence-corrected chi connectivity index (χ1v) is 6.59. The molecule has 0 saturated heterocycles. The Hall–Kier alpha value is -2.11. The van der Waals surface area contributed by atoms with Gasteiger partial charge in [-0.1, -0.05) is 20.8 Å². The number of phenolic OH excluding ortho intramolecular Hbond substituents is 1. The molecule has 0 fully saturated rings. The maximum Gasteiger partial charge on any atom is 0.308 e. The van der Waals surface area contributed by atoms with Crippen LogP contribution in [0, 0.1) is 17.2 Å². The van der Waals surface area contributed by atoms with Crippen molar-refractivity contribution < 1.29 is 24.2 Å². The normalized spacial score (nSPS) is 12.8. The van der Waals surface area contributed by atoms with Crippen LogP contribution in [0.4, 0.5) is 4.39 Å². The zero-order chi connectivity index (χ0) is 16.2. The van der Waals surface area contributed by atoms with Crippen LogP contribution < -0.4 is 5.32 Å². The fraction of sp³-hybridized carbons (Fsp3) is 0.467. The van der Waals surface area contributed by atoms with E-state index in [2.05, 4.69) is 5.32 Å². The van der Waals surface area contributed by atoms with Gasteiger partial charge in [0.2, 0.25) is 0 Å². The van der Waals surface area contributed by atoms with E-state index < -0.39 is 29.4 Å². The second-order valence-electron chi connectivity index (χ2n) is 6.17. The van der Waals surface area contributed by atoms with Gasteiger partial charge in [0.1, 0.15) is 11.6 Å². The van der Waals surface area contributed by atoms with Crippen molar-refractivity contribution in [2.45, 2.75) is 27.2 Å². The highest BCUT2D eigenvalue weighted by Gasteiger charge is 2.25. The average Bonchev–Trinajstić information content (AvgIpc) is 2.32. The Morgan fingerprint density at radius 1 is 1.33 bits per heavy atom. The molecular formula is C15H20FNO4. The largest absolute Gasteiger partial charge is 0.507 e. The molecule has 3 N–H and O–H groups in total. The molecule has 0 saturated carbocycles. The van der Waals surface area contributed by atoms with Gasteiger partial charge in [0.25, 0.3) is 5.91 Å². The number of hydrogen-bond acceptors (Lipinski definition) is 3. The molecule has 1 aromatic rings. The molecule has 1 unspecified atom stereocenters. The molecule has 0 bridgehead atoms. The number of carboxylic acid groups (broad SMARTS) is 1. The van der Waals surface area contributed by atoms with Crippen molar-refractivity contribution in [3.63, 3.8) is 0 Å². The van der Waals surface area contributed by atoms with E-state index in [1.807, 2.05) is 20.8 Å². The number of carboxylic acids is 1. The third-order valence-electron chi connectivity index (χ3n) is 2.92. The fourth-order valence-electron chi connectivity index (χ4n) is 1.99. The smallest absolute Gasteiger partial charge is 0.308 e. The molecular weight excluding hydrogens is 277 g/mol. The molecule has 1 atom stereocenters. The van der Waals surface area contributed by atoms with E-state index in [0.717, 1.165) is 18.2 Å². The highest BCUT2D eigenvalue weighted by atomic mass is 19.1. The summed E-state index contributed by atoms with van der Waals surface area (Å²) in [7, 11) is 0. The Morgan fingerprint density at radius 3 is 2.43 bits per heavy atom. The summed E-state index contributed by atoms with van der Waals surface area (Å²) in [4.78, 5) is 23.1. The van der Waals surface area contributed by atoms with Crippen LogP contribution in [0.15, 0.2) is 18.2 Å². The van der Waals surface area contributed by atoms with Gasteiger partial charge in [0.15, 0.2) is 0 Å². The number of hydrogen-bond donors (Lipinski definition) is 3. The maximum absolute atomic E-state index is 12.8. The van der Waals surface area contributed by atoms with Crippen LogP contribution in [0.3, 0.4) is 0 Å². The number of benzene rings is 1. The van der Waals surface area contributed by atoms with E-state index in [1.165, 1.54) is 0 Å². The van der Waals surface area contributed by atoms with Gasteiger partial charge in [-0.05, 0) is 24.0 Å². The number of aliphatic carboxylic acids is 1. The first kappa shape index (κ1) is 16.9. The number of carbonyl (C=O) groups is 2. The van der Waals surface area contributed by atoms with E-state index in [1.54, 1.807) is 0 Å². The second-order valence-corrected chi connectivity index (χ2v) is 6.17. The first-order chi connectivity index (χ1) is 9.60. The van der Waals surface area contributed by atoms with Crippen LogP contribution in [-0.2, 0) is 4.79 Å². The van der Waals surface area contributed by atoms with Crippen LogP contribution in [0.25, 0.3) is 0 Å². The van der Waals surface area contributed by atoms with Crippen LogP contribution in [0.1, 0.15) is 37.6 Å². The Bertz CT molecular complexity index is 537. The minimum atomic E-state index is -0.992. The van der Waals surface area contributed by atoms with E-state index in [4.69, 9.17) is 5.11 Å². The lowest BCUT2D eigenvalue weighted by Gasteiger charge is -2.23. The van der Waals surface area contributed by atoms with E-state index in [-0.39, 0.29) is 17.5 Å². The number of rotatable bonds is 5. The Kier molecular flexibility index (Phi) is 5.29. The number of carbonyl (C=O) groups excluding carboxylic acids is 1. The molecule has 1 rings (SSSR count). The zero-order valence-corrected chi connectivity index (χ0v) is 12.3. The highest BCUT2D eigenvalue weighted by molar-refractivity contribution is 5.96. The predicted octanol–water partition coefficient (Wildman–Crippen LogP) is 2.40. The number of halogens is 1. The van der Waals surface area contributed by atoms with Gasteiger partial charge in [0, 0.05) is 12.6 Å². The van der Waals surface area contributed by atoms with Crippen LogP contribution in [0.2, 0.25) is 0 Å². The van der Waals surface area contributed by atoms with E-state index >= 15 is 0 Å². The summed E-state index contributed by atoms with van der Waals surface area (Å²) in [6.45, 7) is 5.69. The summed E-state index contributed by atoms with van der Waals surface area (Å²) in [5, 5.41) is 21.1. The number of phenols is 1. The molecule has 5 nitrogen and oxygen atoms in total. The Morgan fingerprint density at radius 2 is 1.95 bits per heavy atom. The van der Waals surface area contributed by atoms with Crippen LogP contribution in [0.5, 0.6) is 5.75 Å². The van der Waals surface area contributed by atoms with Crippen LogP contribution >= 0.6 is 0 Å². The molecule has 0 aromatic heterocycles. The third-order valence-corrected chi connectivity index (χ3v) is 2.92. The molecule has 1 amide bonds. The molecule has 0 aliphatic heterocycles. The Labute approximate surface area is 122 Å². The summed E-state index contributed by atoms with van der Waals surface area (Å²) in [5.41, 5.74) is -0.275. The molecule has 0 aliphatic rings. The quantitative estimate of drug-likeness (QED) is 0.779. The van der Waals surface area contributed by atoms with Crippen molar-refractivity contribution in [2.75, 3.05) is 6.54 Å². The van der Waals surface area contributed by atoms with E-state index in [0.29, 0.717) is 6.42 Å². The number of amides is 1. The zero-order valence-electron chi connectivity index (χ0n) is 12.3. The fourth-order valence-corrected chi connectivity index (χ4v) is 1.99. The number of nitrogens with one attached hydrogen (secondary N) is 1. The lowest BCUT2D eigenvalue weighted by Crippen LogP contribution is -2.35. The molecule has 1 aromatic carbocycles. The van der Waals surface area contributed by atoms with Gasteiger partial charge in [-0.25, -0.2) is 4.39 Å². The van der Waals surface area contributed by atoms with Gasteiger partial charge in [0.05, 0.1) is 11.5 Å². The highest BCUT2D eigenvalue weighted by Crippen LogP contribution is 2.24. The van der Waals surface area contributed by atoms with Crippen LogP contribution in [-0.4, -0.2) is 28.6 Å². The molecule has 21 heavy (non-hydrogen) atoms. The molecule has 0 aliphatic carbocycles. The van der Waals surface area contributed by atoms with Crippen molar-refractivity contribution in [2.24, 2.45) is 11.3 Å². The van der Waals surface area contributed by atoms with Gasteiger partial charge in [-0.3, -0.25) is 9.59 Å². The maximum atomic E-state index is 12.8. The second kappa shape index (κ2) is 6.56. The predicted molar refractivity (Wildman–Crippen MR) is 75.6 cm³/mol. The molecule has 0 radical (unpaired) electrons. The lowest BCUT2D eigenvalue weighted by atomic mass is 9.84. The molecule has 0 spiro atoms. The topological polar surface area (TPSA) is 86.6 Å². The monoisotopic (exact) mass is 297 g/mol. The summed E-state index contributed by atoms with van der Waals surface area (Å²) in [5.74, 6) is -3.48. The van der Waals surface area contributed by atoms with Gasteiger partial charge in [-0.15, -0.1) is 0 Å². The minimum absolute atomic E-state index is 0.0533. The summed E-state index contributed by atoms with van der Waals surface area (Å²) in [6.07, 6.45) is 0.401. The molecule has 6 heteroatoms. The van der Waals surface area contributed by atoms with Crippen molar-refractivity contribution in [1.29, 1.82) is 0 Å². The van der Waals surface area contributed by atoms with Gasteiger partial charge < -0.3 is 15.5 Å². The summed E-state index contributed by atoms with van der Waals surface area (Å²) < 4.78 is 12.8. The first-order valence-electron chi connectivity index (χ1n) is 6.59. The van der Waals surface area contributed by atoms with Gasteiger partial charge >= 0.3 is 5.97 Å². The molecule has 0 heterocycles. The van der Waals surface area contributed by atoms with Crippen molar-refractivity contribution in [3.8, 4) is 5.75 Å². The average molecular weight is 297 g/mol. The standard InChI is InChI=1S/C15H20FNO4/c1-15(2,3)7-9(14(20)21)8-17-13(19)11-5-4-10(16)6-12(11)18/h4-6,9,18H,7-8H2,1-3H3,(H,17,19)(H,20,21).